The first kappa shape index (κ1) is 10.9. The van der Waals surface area contributed by atoms with Crippen LogP contribution in [0.2, 0.25) is 0 Å². The molecule has 0 spiro atoms. The number of esters is 1. The number of halogens is 3. The highest BCUT2D eigenvalue weighted by Gasteiger charge is 2.36. The molecule has 1 heterocycles. The predicted molar refractivity (Wildman–Crippen MR) is 40.9 cm³/mol. The van der Waals surface area contributed by atoms with Crippen LogP contribution < -0.4 is 0 Å². The van der Waals surface area contributed by atoms with Crippen molar-refractivity contribution in [3.63, 3.8) is 0 Å². The first-order valence-corrected chi connectivity index (χ1v) is 4.34. The summed E-state index contributed by atoms with van der Waals surface area (Å²) in [5.41, 5.74) is 0. The van der Waals surface area contributed by atoms with Gasteiger partial charge < -0.3 is 4.74 Å². The van der Waals surface area contributed by atoms with Gasteiger partial charge in [-0.3, -0.25) is 0 Å². The number of rotatable bonds is 2. The number of carbonyl (C=O) groups excluding carboxylic acids is 1. The molecule has 1 aromatic heterocycles. The molecule has 1 rings (SSSR count). The fourth-order valence-corrected chi connectivity index (χ4v) is 1.22. The van der Waals surface area contributed by atoms with Crippen molar-refractivity contribution in [3.8, 4) is 0 Å². The summed E-state index contributed by atoms with van der Waals surface area (Å²) in [6, 6.07) is 0. The van der Waals surface area contributed by atoms with Gasteiger partial charge in [-0.05, 0) is 6.92 Å². The largest absolute Gasteiger partial charge is 0.461 e. The lowest BCUT2D eigenvalue weighted by atomic mass is 10.7. The van der Waals surface area contributed by atoms with Gasteiger partial charge in [0.15, 0.2) is 0 Å². The number of ether oxygens (including phenoxy) is 1. The molecule has 8 heteroatoms. The van der Waals surface area contributed by atoms with E-state index in [1.165, 1.54) is 0 Å². The molecule has 0 aliphatic heterocycles. The Balaban J connectivity index is 2.83. The van der Waals surface area contributed by atoms with Crippen LogP contribution in [-0.4, -0.2) is 22.8 Å². The molecule has 0 amide bonds. The third kappa shape index (κ3) is 2.41. The first-order valence-electron chi connectivity index (χ1n) is 3.53. The number of hydrogen-bond acceptors (Lipinski definition) is 5. The summed E-state index contributed by atoms with van der Waals surface area (Å²) in [6.45, 7) is 1.63. The van der Waals surface area contributed by atoms with E-state index in [0.717, 1.165) is 0 Å². The number of aromatic nitrogens is 2. The number of carbonyl (C=O) groups is 1. The standard InChI is InChI=1S/C6H5F3N2O2S/c1-2-13-4(12)3-10-11-5(14-3)6(7,8)9/h2H2,1H3. The topological polar surface area (TPSA) is 52.1 Å². The highest BCUT2D eigenvalue weighted by atomic mass is 32.1. The van der Waals surface area contributed by atoms with E-state index in [-0.39, 0.29) is 23.0 Å². The Morgan fingerprint density at radius 3 is 2.57 bits per heavy atom. The van der Waals surface area contributed by atoms with Crippen molar-refractivity contribution in [1.82, 2.24) is 10.2 Å². The zero-order valence-corrected chi connectivity index (χ0v) is 7.78. The lowest BCUT2D eigenvalue weighted by molar-refractivity contribution is -0.138. The van der Waals surface area contributed by atoms with E-state index in [1.54, 1.807) is 6.92 Å². The van der Waals surface area contributed by atoms with Gasteiger partial charge in [-0.25, -0.2) is 4.79 Å². The second-order valence-corrected chi connectivity index (χ2v) is 3.11. The molecule has 0 aliphatic rings. The minimum atomic E-state index is -4.57. The summed E-state index contributed by atoms with van der Waals surface area (Å²) < 4.78 is 40.5. The van der Waals surface area contributed by atoms with Crippen LogP contribution in [0.5, 0.6) is 0 Å². The van der Waals surface area contributed by atoms with Gasteiger partial charge >= 0.3 is 12.1 Å². The average Bonchev–Trinajstić information content (AvgIpc) is 2.51. The maximum atomic E-state index is 12.0. The monoisotopic (exact) mass is 226 g/mol. The maximum Gasteiger partial charge on any atom is 0.445 e. The highest BCUT2D eigenvalue weighted by molar-refractivity contribution is 7.13. The van der Waals surface area contributed by atoms with Crippen LogP contribution in [0.4, 0.5) is 13.2 Å². The van der Waals surface area contributed by atoms with Gasteiger partial charge in [-0.1, -0.05) is 11.3 Å². The normalized spacial score (nSPS) is 11.4. The molecule has 4 nitrogen and oxygen atoms in total. The lowest BCUT2D eigenvalue weighted by Crippen LogP contribution is -2.03. The smallest absolute Gasteiger partial charge is 0.445 e. The van der Waals surface area contributed by atoms with E-state index >= 15 is 0 Å². The van der Waals surface area contributed by atoms with Crippen molar-refractivity contribution in [3.05, 3.63) is 10.0 Å². The summed E-state index contributed by atoms with van der Waals surface area (Å²) in [7, 11) is 0. The summed E-state index contributed by atoms with van der Waals surface area (Å²) >= 11 is 0.166. The summed E-state index contributed by atoms with van der Waals surface area (Å²) in [6.07, 6.45) is -4.57. The number of alkyl halides is 3. The molecule has 14 heavy (non-hydrogen) atoms. The van der Waals surface area contributed by atoms with Crippen LogP contribution in [-0.2, 0) is 10.9 Å². The SMILES string of the molecule is CCOC(=O)c1nnc(C(F)(F)F)s1. The van der Waals surface area contributed by atoms with Gasteiger partial charge in [-0.2, -0.15) is 13.2 Å². The van der Waals surface area contributed by atoms with Crippen LogP contribution in [0.25, 0.3) is 0 Å². The zero-order valence-electron chi connectivity index (χ0n) is 6.96. The fraction of sp³-hybridized carbons (Fsp3) is 0.500. The van der Waals surface area contributed by atoms with Crippen LogP contribution in [0.15, 0.2) is 0 Å². The average molecular weight is 226 g/mol. The van der Waals surface area contributed by atoms with Crippen molar-refractivity contribution in [2.75, 3.05) is 6.61 Å². The van der Waals surface area contributed by atoms with Gasteiger partial charge in [0.05, 0.1) is 6.61 Å². The molecule has 1 aromatic rings. The molecule has 78 valence electrons. The van der Waals surface area contributed by atoms with Crippen molar-refractivity contribution in [2.45, 2.75) is 13.1 Å². The summed E-state index contributed by atoms with van der Waals surface area (Å²) in [4.78, 5) is 10.9. The van der Waals surface area contributed by atoms with Crippen molar-refractivity contribution in [1.29, 1.82) is 0 Å². The van der Waals surface area contributed by atoms with Gasteiger partial charge in [0.1, 0.15) is 0 Å². The van der Waals surface area contributed by atoms with E-state index in [4.69, 9.17) is 0 Å². The van der Waals surface area contributed by atoms with Crippen LogP contribution in [0.1, 0.15) is 21.7 Å². The molecule has 0 saturated heterocycles. The Morgan fingerprint density at radius 1 is 1.50 bits per heavy atom. The van der Waals surface area contributed by atoms with Crippen molar-refractivity contribution in [2.24, 2.45) is 0 Å². The molecule has 0 atom stereocenters. The van der Waals surface area contributed by atoms with Gasteiger partial charge in [0.25, 0.3) is 0 Å². The van der Waals surface area contributed by atoms with E-state index in [2.05, 4.69) is 14.9 Å². The molecule has 0 unspecified atom stereocenters. The van der Waals surface area contributed by atoms with Crippen LogP contribution in [0.3, 0.4) is 0 Å². The second-order valence-electron chi connectivity index (χ2n) is 2.13. The zero-order chi connectivity index (χ0) is 10.8. The Labute approximate surface area is 80.7 Å². The lowest BCUT2D eigenvalue weighted by Gasteiger charge is -1.97. The van der Waals surface area contributed by atoms with Crippen LogP contribution in [0, 0.1) is 0 Å². The van der Waals surface area contributed by atoms with E-state index in [9.17, 15) is 18.0 Å². The minimum Gasteiger partial charge on any atom is -0.461 e. The second kappa shape index (κ2) is 3.91. The van der Waals surface area contributed by atoms with Crippen LogP contribution >= 0.6 is 11.3 Å². The van der Waals surface area contributed by atoms with E-state index in [1.807, 2.05) is 0 Å². The Bertz CT molecular complexity index is 336. The maximum absolute atomic E-state index is 12.0. The molecular weight excluding hydrogens is 221 g/mol. The predicted octanol–water partition coefficient (Wildman–Crippen LogP) is 1.73. The Kier molecular flexibility index (Phi) is 3.04. The molecule has 0 aliphatic carbocycles. The molecule has 0 N–H and O–H groups in total. The fourth-order valence-electron chi connectivity index (χ4n) is 0.613. The van der Waals surface area contributed by atoms with Gasteiger partial charge in [-0.15, -0.1) is 10.2 Å². The summed E-state index contributed by atoms with van der Waals surface area (Å²) in [5.74, 6) is -0.888. The van der Waals surface area contributed by atoms with Gasteiger partial charge in [0.2, 0.25) is 10.0 Å². The molecule has 0 radical (unpaired) electrons. The van der Waals surface area contributed by atoms with Gasteiger partial charge in [0, 0.05) is 0 Å². The first-order chi connectivity index (χ1) is 6.45. The summed E-state index contributed by atoms with van der Waals surface area (Å²) in [5, 5.41) is 4.37. The minimum absolute atomic E-state index is 0.0831. The van der Waals surface area contributed by atoms with E-state index in [0.29, 0.717) is 0 Å². The molecular formula is C6H5F3N2O2S. The number of hydrogen-bond donors (Lipinski definition) is 0. The van der Waals surface area contributed by atoms with E-state index < -0.39 is 17.2 Å². The molecule has 0 fully saturated rings. The Morgan fingerprint density at radius 2 is 2.14 bits per heavy atom. The molecule has 0 aromatic carbocycles. The van der Waals surface area contributed by atoms with Crippen molar-refractivity contribution >= 4 is 17.3 Å². The molecule has 0 bridgehead atoms. The third-order valence-electron chi connectivity index (χ3n) is 1.12. The molecule has 0 saturated carbocycles. The Hall–Kier alpha value is -1.18. The highest BCUT2D eigenvalue weighted by Crippen LogP contribution is 2.31. The van der Waals surface area contributed by atoms with Crippen molar-refractivity contribution < 1.29 is 22.7 Å². The quantitative estimate of drug-likeness (QED) is 0.720. The third-order valence-corrected chi connectivity index (χ3v) is 2.07. The number of nitrogens with zero attached hydrogens (tertiary/aromatic N) is 2.